The third kappa shape index (κ3) is 6.33. The van der Waals surface area contributed by atoms with Crippen molar-refractivity contribution in [3.63, 3.8) is 0 Å². The Morgan fingerprint density at radius 3 is 2.14 bits per heavy atom. The van der Waals surface area contributed by atoms with Gasteiger partial charge in [-0.1, -0.05) is 93.6 Å². The van der Waals surface area contributed by atoms with Gasteiger partial charge in [-0.2, -0.15) is 5.26 Å². The summed E-state index contributed by atoms with van der Waals surface area (Å²) >= 11 is 0. The van der Waals surface area contributed by atoms with Crippen LogP contribution >= 0.6 is 0 Å². The van der Waals surface area contributed by atoms with E-state index in [0.29, 0.717) is 24.2 Å². The summed E-state index contributed by atoms with van der Waals surface area (Å²) in [6.07, 6.45) is 0.426. The molecule has 0 spiro atoms. The van der Waals surface area contributed by atoms with E-state index in [1.165, 1.54) is 10.8 Å². The fourth-order valence-electron chi connectivity index (χ4n) is 5.84. The Morgan fingerprint density at radius 2 is 1.58 bits per heavy atom. The van der Waals surface area contributed by atoms with Crippen molar-refractivity contribution in [1.29, 1.82) is 5.26 Å². The second-order valence-electron chi connectivity index (χ2n) is 12.0. The Bertz CT molecular complexity index is 1650. The lowest BCUT2D eigenvalue weighted by Gasteiger charge is -2.43. The molecule has 43 heavy (non-hydrogen) atoms. The van der Waals surface area contributed by atoms with Crippen molar-refractivity contribution in [3.8, 4) is 6.07 Å². The molecule has 1 aromatic heterocycles. The largest absolute Gasteiger partial charge is 0.405 e. The molecule has 3 atom stereocenters. The first kappa shape index (κ1) is 30.4. The van der Waals surface area contributed by atoms with Crippen LogP contribution in [0.4, 0.5) is 0 Å². The predicted molar refractivity (Wildman–Crippen MR) is 168 cm³/mol. The highest BCUT2D eigenvalue weighted by Crippen LogP contribution is 2.38. The molecule has 2 heterocycles. The van der Waals surface area contributed by atoms with Crippen LogP contribution in [0.1, 0.15) is 50.1 Å². The van der Waals surface area contributed by atoms with Crippen LogP contribution in [0.2, 0.25) is 5.04 Å². The molecule has 1 aliphatic rings. The number of ether oxygens (including phenoxy) is 2. The first-order chi connectivity index (χ1) is 20.6. The van der Waals surface area contributed by atoms with Crippen LogP contribution < -0.4 is 21.6 Å². The van der Waals surface area contributed by atoms with Crippen molar-refractivity contribution < 1.29 is 13.9 Å². The Hall–Kier alpha value is -4.07. The Morgan fingerprint density at radius 1 is 0.977 bits per heavy atom. The summed E-state index contributed by atoms with van der Waals surface area (Å²) < 4.78 is 21.5. The SMILES string of the molecule is Cc1cn([C@H]2CC(OCc3ccc(C#N)cc3)[C@@H](CO[Si](c3ccccc3)(c3ccccc3)C(C)(C)C)O2)c(=O)[nH]c1=O. The standard InChI is InChI=1S/C34H37N3O5Si/c1-24-21-37(33(39)36-32(24)38)31-19-29(40-22-26-17-15-25(20-35)16-18-26)30(42-31)23-41-43(34(2,3)4,27-11-7-5-8-12-27)28-13-9-6-10-14-28/h5-18,21,29-31H,19,22-23H2,1-4H3,(H,36,38,39)/t29?,30-,31-/m1/s1. The molecular formula is C34H37N3O5Si. The number of nitrogens with one attached hydrogen (secondary N) is 1. The van der Waals surface area contributed by atoms with Gasteiger partial charge in [0.05, 0.1) is 31.0 Å². The van der Waals surface area contributed by atoms with E-state index in [1.807, 2.05) is 48.5 Å². The zero-order chi connectivity index (χ0) is 30.6. The zero-order valence-electron chi connectivity index (χ0n) is 24.9. The molecule has 1 unspecified atom stereocenters. The molecule has 8 nitrogen and oxygen atoms in total. The molecule has 4 aromatic rings. The fraction of sp³-hybridized carbons (Fsp3) is 0.324. The summed E-state index contributed by atoms with van der Waals surface area (Å²) in [5, 5.41) is 11.2. The summed E-state index contributed by atoms with van der Waals surface area (Å²) in [5.74, 6) is 0. The van der Waals surface area contributed by atoms with Crippen LogP contribution in [0, 0.1) is 18.3 Å². The maximum absolute atomic E-state index is 12.8. The smallest absolute Gasteiger partial charge is 0.330 e. The van der Waals surface area contributed by atoms with E-state index < -0.39 is 38.0 Å². The van der Waals surface area contributed by atoms with Gasteiger partial charge in [-0.05, 0) is 40.0 Å². The molecule has 3 aromatic carbocycles. The lowest BCUT2D eigenvalue weighted by molar-refractivity contribution is -0.0629. The molecule has 0 radical (unpaired) electrons. The molecule has 1 aliphatic heterocycles. The average Bonchev–Trinajstić information content (AvgIpc) is 3.41. The van der Waals surface area contributed by atoms with Gasteiger partial charge in [-0.3, -0.25) is 14.3 Å². The van der Waals surface area contributed by atoms with Crippen LogP contribution in [-0.2, 0) is 20.5 Å². The number of rotatable bonds is 9. The van der Waals surface area contributed by atoms with Crippen molar-refractivity contribution in [2.24, 2.45) is 0 Å². The highest BCUT2D eigenvalue weighted by atomic mass is 28.4. The summed E-state index contributed by atoms with van der Waals surface area (Å²) in [4.78, 5) is 27.2. The quantitative estimate of drug-likeness (QED) is 0.291. The highest BCUT2D eigenvalue weighted by Gasteiger charge is 2.51. The van der Waals surface area contributed by atoms with E-state index in [1.54, 1.807) is 19.1 Å². The van der Waals surface area contributed by atoms with Gasteiger partial charge >= 0.3 is 5.69 Å². The Balaban J connectivity index is 1.48. The molecule has 0 amide bonds. The van der Waals surface area contributed by atoms with Gasteiger partial charge in [0.25, 0.3) is 13.9 Å². The maximum atomic E-state index is 12.8. The van der Waals surface area contributed by atoms with E-state index in [-0.39, 0.29) is 11.6 Å². The second kappa shape index (κ2) is 12.7. The zero-order valence-corrected chi connectivity index (χ0v) is 25.9. The van der Waals surface area contributed by atoms with E-state index >= 15 is 0 Å². The van der Waals surface area contributed by atoms with E-state index in [9.17, 15) is 9.59 Å². The number of aromatic amines is 1. The predicted octanol–water partition coefficient (Wildman–Crippen LogP) is 4.17. The normalized spacial score (nSPS) is 18.8. The summed E-state index contributed by atoms with van der Waals surface area (Å²) in [7, 11) is -2.85. The average molecular weight is 596 g/mol. The van der Waals surface area contributed by atoms with Crippen LogP contribution in [-0.4, -0.2) is 36.7 Å². The maximum Gasteiger partial charge on any atom is 0.330 e. The number of nitriles is 1. The van der Waals surface area contributed by atoms with Gasteiger partial charge < -0.3 is 13.9 Å². The molecule has 1 fully saturated rings. The van der Waals surface area contributed by atoms with Crippen molar-refractivity contribution in [2.75, 3.05) is 6.61 Å². The monoisotopic (exact) mass is 595 g/mol. The van der Waals surface area contributed by atoms with Crippen LogP contribution in [0.5, 0.6) is 0 Å². The first-order valence-electron chi connectivity index (χ1n) is 14.5. The number of aromatic nitrogens is 2. The van der Waals surface area contributed by atoms with Gasteiger partial charge in [0.2, 0.25) is 0 Å². The summed E-state index contributed by atoms with van der Waals surface area (Å²) in [5.41, 5.74) is 0.980. The molecule has 222 valence electrons. The minimum atomic E-state index is -2.85. The van der Waals surface area contributed by atoms with Crippen LogP contribution in [0.15, 0.2) is 101 Å². The fourth-order valence-corrected chi connectivity index (χ4v) is 10.4. The number of benzene rings is 3. The minimum absolute atomic E-state index is 0.223. The van der Waals surface area contributed by atoms with E-state index in [4.69, 9.17) is 19.2 Å². The summed E-state index contributed by atoms with van der Waals surface area (Å²) in [6.45, 7) is 8.88. The molecule has 9 heteroatoms. The van der Waals surface area contributed by atoms with Crippen molar-refractivity contribution >= 4 is 18.7 Å². The third-order valence-electron chi connectivity index (χ3n) is 8.06. The van der Waals surface area contributed by atoms with Crippen molar-refractivity contribution in [1.82, 2.24) is 9.55 Å². The Kier molecular flexibility index (Phi) is 8.94. The van der Waals surface area contributed by atoms with Gasteiger partial charge in [0.1, 0.15) is 12.3 Å². The lowest BCUT2D eigenvalue weighted by atomic mass is 10.1. The molecule has 5 rings (SSSR count). The van der Waals surface area contributed by atoms with Gasteiger partial charge in [-0.15, -0.1) is 0 Å². The van der Waals surface area contributed by atoms with Crippen molar-refractivity contribution in [3.05, 3.63) is 129 Å². The second-order valence-corrected chi connectivity index (χ2v) is 16.3. The molecule has 0 aliphatic carbocycles. The van der Waals surface area contributed by atoms with Gasteiger partial charge in [0.15, 0.2) is 0 Å². The molecule has 1 saturated heterocycles. The summed E-state index contributed by atoms with van der Waals surface area (Å²) in [6, 6.07) is 30.2. The highest BCUT2D eigenvalue weighted by molar-refractivity contribution is 6.99. The Labute approximate surface area is 252 Å². The molecule has 0 saturated carbocycles. The topological polar surface area (TPSA) is 106 Å². The number of hydrogen-bond donors (Lipinski definition) is 1. The third-order valence-corrected chi connectivity index (χ3v) is 13.1. The molecular weight excluding hydrogens is 558 g/mol. The molecule has 0 bridgehead atoms. The number of nitrogens with zero attached hydrogens (tertiary/aromatic N) is 2. The van der Waals surface area contributed by atoms with Crippen LogP contribution in [0.25, 0.3) is 0 Å². The van der Waals surface area contributed by atoms with E-state index in [0.717, 1.165) is 15.9 Å². The van der Waals surface area contributed by atoms with Gasteiger partial charge in [-0.25, -0.2) is 4.79 Å². The number of hydrogen-bond acceptors (Lipinski definition) is 6. The number of H-pyrrole nitrogens is 1. The minimum Gasteiger partial charge on any atom is -0.405 e. The lowest BCUT2D eigenvalue weighted by Crippen LogP contribution is -2.67. The number of aryl methyl sites for hydroxylation is 1. The molecule has 1 N–H and O–H groups in total. The first-order valence-corrected chi connectivity index (χ1v) is 16.4. The van der Waals surface area contributed by atoms with E-state index in [2.05, 4.69) is 56.1 Å². The van der Waals surface area contributed by atoms with Crippen LogP contribution in [0.3, 0.4) is 0 Å². The van der Waals surface area contributed by atoms with Crippen molar-refractivity contribution in [2.45, 2.75) is 64.2 Å². The van der Waals surface area contributed by atoms with Gasteiger partial charge in [0, 0.05) is 18.2 Å².